The fourth-order valence-corrected chi connectivity index (χ4v) is 1.76. The van der Waals surface area contributed by atoms with Crippen molar-refractivity contribution in [3.8, 4) is 17.0 Å². The number of nitrogens with zero attached hydrogens (tertiary/aromatic N) is 1. The maximum absolute atomic E-state index is 13.5. The Morgan fingerprint density at radius 1 is 1.58 bits per heavy atom. The van der Waals surface area contributed by atoms with Crippen LogP contribution in [0.25, 0.3) is 11.3 Å². The molecule has 0 aliphatic heterocycles. The Balaban J connectivity index is 2.46. The number of benzene rings is 1. The summed E-state index contributed by atoms with van der Waals surface area (Å²) in [5, 5.41) is 8.83. The minimum Gasteiger partial charge on any atom is -0.479 e. The molecule has 7 heteroatoms. The van der Waals surface area contributed by atoms with E-state index < -0.39 is 17.9 Å². The van der Waals surface area contributed by atoms with E-state index in [9.17, 15) is 9.18 Å². The van der Waals surface area contributed by atoms with E-state index >= 15 is 0 Å². The van der Waals surface area contributed by atoms with Crippen LogP contribution in [0, 0.1) is 5.82 Å². The number of carboxylic acid groups (broad SMARTS) is 1. The van der Waals surface area contributed by atoms with Crippen molar-refractivity contribution in [2.24, 2.45) is 0 Å². The molecule has 0 aliphatic carbocycles. The molecule has 5 nitrogen and oxygen atoms in total. The minimum absolute atomic E-state index is 0.0875. The number of rotatable bonds is 4. The molecule has 2 rings (SSSR count). The van der Waals surface area contributed by atoms with Crippen LogP contribution in [0.3, 0.4) is 0 Å². The molecule has 1 aromatic heterocycles. The topological polar surface area (TPSA) is 72.6 Å². The molecular weight excluding hydrogens is 321 g/mol. The number of carboxylic acids is 1. The predicted octanol–water partition coefficient (Wildman–Crippen LogP) is 3.10. The first-order valence-corrected chi connectivity index (χ1v) is 6.05. The quantitative estimate of drug-likeness (QED) is 0.933. The zero-order valence-corrected chi connectivity index (χ0v) is 11.3. The fourth-order valence-electron chi connectivity index (χ4n) is 1.41. The van der Waals surface area contributed by atoms with Crippen molar-refractivity contribution in [3.63, 3.8) is 0 Å². The Bertz CT molecular complexity index is 600. The van der Waals surface area contributed by atoms with Crippen molar-refractivity contribution in [1.29, 1.82) is 0 Å². The minimum atomic E-state index is -1.14. The molecule has 1 heterocycles. The molecule has 0 unspecified atom stereocenters. The molecule has 0 saturated carbocycles. The van der Waals surface area contributed by atoms with E-state index in [1.807, 2.05) is 0 Å². The van der Waals surface area contributed by atoms with Gasteiger partial charge in [-0.1, -0.05) is 0 Å². The Morgan fingerprint density at radius 3 is 2.89 bits per heavy atom. The summed E-state index contributed by atoms with van der Waals surface area (Å²) < 4.78 is 23.8. The predicted molar refractivity (Wildman–Crippen MR) is 67.3 cm³/mol. The molecular formula is C12H9BrFNO4. The van der Waals surface area contributed by atoms with Gasteiger partial charge in [0.15, 0.2) is 12.5 Å². The third-order valence-electron chi connectivity index (χ3n) is 2.38. The normalized spacial score (nSPS) is 12.2. The standard InChI is InChI=1S/C12H9BrFNO4/c1-6(12(16)17)19-11-3-9(14)8(13)2-7(11)10-4-18-5-15-10/h2-6H,1H3,(H,16,17)/t6-/m0/s1. The summed E-state index contributed by atoms with van der Waals surface area (Å²) in [7, 11) is 0. The zero-order valence-electron chi connectivity index (χ0n) is 9.76. The molecule has 0 spiro atoms. The number of hydrogen-bond acceptors (Lipinski definition) is 4. The van der Waals surface area contributed by atoms with Crippen LogP contribution >= 0.6 is 15.9 Å². The van der Waals surface area contributed by atoms with Gasteiger partial charge in [-0.3, -0.25) is 0 Å². The third-order valence-corrected chi connectivity index (χ3v) is 2.99. The molecule has 0 aliphatic rings. The van der Waals surface area contributed by atoms with Crippen molar-refractivity contribution in [1.82, 2.24) is 4.98 Å². The molecule has 0 bridgehead atoms. The second kappa shape index (κ2) is 5.40. The summed E-state index contributed by atoms with van der Waals surface area (Å²) in [6, 6.07) is 2.56. The van der Waals surface area contributed by atoms with Crippen molar-refractivity contribution >= 4 is 21.9 Å². The van der Waals surface area contributed by atoms with Crippen LogP contribution in [0.15, 0.2) is 33.7 Å². The van der Waals surface area contributed by atoms with Crippen molar-refractivity contribution in [2.45, 2.75) is 13.0 Å². The summed E-state index contributed by atoms with van der Waals surface area (Å²) in [5.74, 6) is -1.61. The van der Waals surface area contributed by atoms with Crippen LogP contribution in [-0.2, 0) is 4.79 Å². The van der Waals surface area contributed by atoms with E-state index in [0.29, 0.717) is 11.3 Å². The van der Waals surface area contributed by atoms with Crippen molar-refractivity contribution in [2.75, 3.05) is 0 Å². The van der Waals surface area contributed by atoms with E-state index in [1.54, 1.807) is 0 Å². The van der Waals surface area contributed by atoms with Gasteiger partial charge in [0.25, 0.3) is 0 Å². The number of aromatic nitrogens is 1. The highest BCUT2D eigenvalue weighted by Crippen LogP contribution is 2.34. The van der Waals surface area contributed by atoms with E-state index in [2.05, 4.69) is 20.9 Å². The molecule has 1 atom stereocenters. The van der Waals surface area contributed by atoms with Gasteiger partial charge in [-0.2, -0.15) is 0 Å². The summed E-state index contributed by atoms with van der Waals surface area (Å²) in [5.41, 5.74) is 0.864. The first-order valence-electron chi connectivity index (χ1n) is 5.26. The number of halogens is 2. The summed E-state index contributed by atoms with van der Waals surface area (Å²) in [6.45, 7) is 1.36. The molecule has 1 aromatic carbocycles. The van der Waals surface area contributed by atoms with Gasteiger partial charge in [0.1, 0.15) is 23.5 Å². The molecule has 1 N–H and O–H groups in total. The average molecular weight is 330 g/mol. The van der Waals surface area contributed by atoms with Crippen LogP contribution in [-0.4, -0.2) is 22.2 Å². The smallest absolute Gasteiger partial charge is 0.344 e. The Labute approximate surface area is 116 Å². The lowest BCUT2D eigenvalue weighted by molar-refractivity contribution is -0.144. The molecule has 0 fully saturated rings. The van der Waals surface area contributed by atoms with E-state index in [0.717, 1.165) is 6.07 Å². The number of oxazole rings is 1. The second-order valence-electron chi connectivity index (χ2n) is 3.73. The first kappa shape index (κ1) is 13.5. The average Bonchev–Trinajstić information content (AvgIpc) is 2.86. The van der Waals surface area contributed by atoms with Gasteiger partial charge >= 0.3 is 5.97 Å². The summed E-state index contributed by atoms with van der Waals surface area (Å²) >= 11 is 3.06. The molecule has 0 radical (unpaired) electrons. The number of aliphatic carboxylic acids is 1. The van der Waals surface area contributed by atoms with Crippen LogP contribution in [0.5, 0.6) is 5.75 Å². The van der Waals surface area contributed by atoms with Crippen LogP contribution in [0.4, 0.5) is 4.39 Å². The van der Waals surface area contributed by atoms with Crippen molar-refractivity contribution < 1.29 is 23.4 Å². The van der Waals surface area contributed by atoms with Crippen molar-refractivity contribution in [3.05, 3.63) is 35.1 Å². The van der Waals surface area contributed by atoms with Gasteiger partial charge in [-0.25, -0.2) is 14.2 Å². The SMILES string of the molecule is C[C@H](Oc1cc(F)c(Br)cc1-c1cocn1)C(=O)O. The van der Waals surface area contributed by atoms with E-state index in [4.69, 9.17) is 14.3 Å². The maximum Gasteiger partial charge on any atom is 0.344 e. The lowest BCUT2D eigenvalue weighted by Crippen LogP contribution is -2.23. The number of ether oxygens (including phenoxy) is 1. The number of hydrogen-bond donors (Lipinski definition) is 1. The van der Waals surface area contributed by atoms with Gasteiger partial charge < -0.3 is 14.3 Å². The maximum atomic E-state index is 13.5. The highest BCUT2D eigenvalue weighted by molar-refractivity contribution is 9.10. The highest BCUT2D eigenvalue weighted by Gasteiger charge is 2.19. The highest BCUT2D eigenvalue weighted by atomic mass is 79.9. The van der Waals surface area contributed by atoms with Gasteiger partial charge in [0.05, 0.1) is 4.47 Å². The molecule has 100 valence electrons. The lowest BCUT2D eigenvalue weighted by Gasteiger charge is -2.14. The summed E-state index contributed by atoms with van der Waals surface area (Å²) in [6.07, 6.45) is 1.47. The largest absolute Gasteiger partial charge is 0.479 e. The Hall–Kier alpha value is -1.89. The summed E-state index contributed by atoms with van der Waals surface area (Å²) in [4.78, 5) is 14.7. The van der Waals surface area contributed by atoms with Gasteiger partial charge in [0, 0.05) is 11.6 Å². The Kier molecular flexibility index (Phi) is 3.84. The molecule has 0 saturated heterocycles. The van der Waals surface area contributed by atoms with Crippen LogP contribution in [0.1, 0.15) is 6.92 Å². The fraction of sp³-hybridized carbons (Fsp3) is 0.167. The lowest BCUT2D eigenvalue weighted by atomic mass is 10.1. The van der Waals surface area contributed by atoms with Gasteiger partial charge in [-0.15, -0.1) is 0 Å². The number of carbonyl (C=O) groups is 1. The third kappa shape index (κ3) is 2.93. The molecule has 2 aromatic rings. The monoisotopic (exact) mass is 329 g/mol. The molecule has 19 heavy (non-hydrogen) atoms. The first-order chi connectivity index (χ1) is 8.99. The van der Waals surface area contributed by atoms with Crippen LogP contribution < -0.4 is 4.74 Å². The van der Waals surface area contributed by atoms with E-state index in [1.165, 1.54) is 25.6 Å². The van der Waals surface area contributed by atoms with Gasteiger partial charge in [-0.05, 0) is 28.9 Å². The van der Waals surface area contributed by atoms with Gasteiger partial charge in [0.2, 0.25) is 0 Å². The second-order valence-corrected chi connectivity index (χ2v) is 4.59. The Morgan fingerprint density at radius 2 is 2.32 bits per heavy atom. The van der Waals surface area contributed by atoms with E-state index in [-0.39, 0.29) is 10.2 Å². The molecule has 0 amide bonds. The zero-order chi connectivity index (χ0) is 14.0. The van der Waals surface area contributed by atoms with Crippen LogP contribution in [0.2, 0.25) is 0 Å².